The van der Waals surface area contributed by atoms with Crippen molar-refractivity contribution < 1.29 is 0 Å². The maximum Gasteiger partial charge on any atom is 0.126 e. The molecule has 0 spiro atoms. The van der Waals surface area contributed by atoms with Gasteiger partial charge in [-0.05, 0) is 17.4 Å². The zero-order valence-corrected chi connectivity index (χ0v) is 11.3. The highest BCUT2D eigenvalue weighted by atomic mass is 35.5. The van der Waals surface area contributed by atoms with Crippen LogP contribution >= 0.6 is 23.4 Å². The largest absolute Gasteiger partial charge is 0.257 e. The van der Waals surface area contributed by atoms with Gasteiger partial charge in [-0.15, -0.1) is 0 Å². The lowest BCUT2D eigenvalue weighted by Gasteiger charge is -2.00. The number of aryl methyl sites for hydroxylation is 2. The molecule has 0 saturated carbocycles. The minimum absolute atomic E-state index is 0.702. The van der Waals surface area contributed by atoms with Gasteiger partial charge in [0.05, 0.1) is 5.69 Å². The predicted molar refractivity (Wildman–Crippen MR) is 74.5 cm³/mol. The molecule has 0 bridgehead atoms. The zero-order valence-electron chi connectivity index (χ0n) is 9.77. The van der Waals surface area contributed by atoms with Crippen molar-refractivity contribution in [2.45, 2.75) is 12.2 Å². The van der Waals surface area contributed by atoms with E-state index in [-0.39, 0.29) is 0 Å². The molecule has 0 amide bonds. The molecule has 2 nitrogen and oxygen atoms in total. The molecule has 0 radical (unpaired) electrons. The summed E-state index contributed by atoms with van der Waals surface area (Å²) >= 11 is 7.86. The van der Waals surface area contributed by atoms with Crippen LogP contribution in [0.2, 0.25) is 5.15 Å². The molecule has 0 fully saturated rings. The normalized spacial score (nSPS) is 10.7. The summed E-state index contributed by atoms with van der Waals surface area (Å²) in [6.07, 6.45) is 0.970. The lowest BCUT2D eigenvalue weighted by molar-refractivity contribution is 0.747. The maximum atomic E-state index is 5.93. The van der Waals surface area contributed by atoms with Crippen LogP contribution in [0.3, 0.4) is 0 Å². The van der Waals surface area contributed by atoms with E-state index in [1.807, 2.05) is 30.9 Å². The molecule has 1 heterocycles. The molecule has 2 rings (SSSR count). The molecular weight excluding hydrogens is 252 g/mol. The Morgan fingerprint density at radius 3 is 2.71 bits per heavy atom. The summed E-state index contributed by atoms with van der Waals surface area (Å²) in [5.41, 5.74) is 2.44. The molecule has 0 aliphatic rings. The maximum absolute atomic E-state index is 5.93. The Kier molecular flexibility index (Phi) is 4.51. The molecular formula is C13H15ClN2S. The smallest absolute Gasteiger partial charge is 0.126 e. The van der Waals surface area contributed by atoms with Crippen molar-refractivity contribution >= 4 is 23.4 Å². The molecule has 0 aliphatic carbocycles. The molecule has 1 aromatic carbocycles. The number of nitrogens with zero attached hydrogens (tertiary/aromatic N) is 2. The summed E-state index contributed by atoms with van der Waals surface area (Å²) in [6, 6.07) is 12.5. The van der Waals surface area contributed by atoms with Gasteiger partial charge in [0.1, 0.15) is 5.15 Å². The predicted octanol–water partition coefficient (Wildman–Crippen LogP) is 3.55. The average molecular weight is 267 g/mol. The topological polar surface area (TPSA) is 17.8 Å². The fourth-order valence-corrected chi connectivity index (χ4v) is 2.65. The molecule has 0 unspecified atom stereocenters. The molecule has 0 N–H and O–H groups in total. The first-order valence-electron chi connectivity index (χ1n) is 5.56. The lowest BCUT2D eigenvalue weighted by Crippen LogP contribution is -1.94. The highest BCUT2D eigenvalue weighted by molar-refractivity contribution is 7.98. The first-order valence-corrected chi connectivity index (χ1v) is 7.09. The van der Waals surface area contributed by atoms with E-state index in [0.29, 0.717) is 5.15 Å². The van der Waals surface area contributed by atoms with Crippen LogP contribution in [-0.2, 0) is 19.2 Å². The van der Waals surface area contributed by atoms with Crippen molar-refractivity contribution in [1.82, 2.24) is 9.78 Å². The van der Waals surface area contributed by atoms with E-state index in [2.05, 4.69) is 29.4 Å². The average Bonchev–Trinajstić information content (AvgIpc) is 2.66. The Labute approximate surface area is 111 Å². The molecule has 90 valence electrons. The Hall–Kier alpha value is -0.930. The van der Waals surface area contributed by atoms with Crippen LogP contribution in [-0.4, -0.2) is 15.5 Å². The quantitative estimate of drug-likeness (QED) is 0.771. The third-order valence-electron chi connectivity index (χ3n) is 2.49. The number of aromatic nitrogens is 2. The van der Waals surface area contributed by atoms with Crippen molar-refractivity contribution in [2.75, 3.05) is 5.75 Å². The highest BCUT2D eigenvalue weighted by Gasteiger charge is 2.02. The first-order chi connectivity index (χ1) is 8.25. The van der Waals surface area contributed by atoms with Crippen molar-refractivity contribution in [1.29, 1.82) is 0 Å². The van der Waals surface area contributed by atoms with E-state index in [1.165, 1.54) is 5.56 Å². The number of thioether (sulfide) groups is 1. The highest BCUT2D eigenvalue weighted by Crippen LogP contribution is 2.15. The Bertz CT molecular complexity index is 448. The zero-order chi connectivity index (χ0) is 12.1. The molecule has 4 heteroatoms. The number of hydrogen-bond acceptors (Lipinski definition) is 2. The molecule has 17 heavy (non-hydrogen) atoms. The van der Waals surface area contributed by atoms with Crippen LogP contribution in [0, 0.1) is 0 Å². The van der Waals surface area contributed by atoms with Gasteiger partial charge in [-0.2, -0.15) is 16.9 Å². The summed E-state index contributed by atoms with van der Waals surface area (Å²) in [7, 11) is 1.86. The second-order valence-electron chi connectivity index (χ2n) is 3.87. The van der Waals surface area contributed by atoms with Crippen molar-refractivity contribution in [3.63, 3.8) is 0 Å². The summed E-state index contributed by atoms with van der Waals surface area (Å²) in [5, 5.41) is 5.03. The molecule has 2 aromatic rings. The van der Waals surface area contributed by atoms with Gasteiger partial charge in [-0.25, -0.2) is 0 Å². The van der Waals surface area contributed by atoms with Gasteiger partial charge in [0.25, 0.3) is 0 Å². The van der Waals surface area contributed by atoms with Gasteiger partial charge in [-0.3, -0.25) is 4.68 Å². The van der Waals surface area contributed by atoms with Gasteiger partial charge in [0, 0.05) is 19.2 Å². The van der Waals surface area contributed by atoms with Gasteiger partial charge in [0.2, 0.25) is 0 Å². The molecule has 1 aromatic heterocycles. The SMILES string of the molecule is Cn1nc(CCSCc2ccccc2)cc1Cl. The minimum atomic E-state index is 0.702. The second-order valence-corrected chi connectivity index (χ2v) is 5.36. The molecule has 0 atom stereocenters. The van der Waals surface area contributed by atoms with Crippen molar-refractivity contribution in [2.24, 2.45) is 7.05 Å². The number of benzene rings is 1. The fourth-order valence-electron chi connectivity index (χ4n) is 1.56. The summed E-state index contributed by atoms with van der Waals surface area (Å²) < 4.78 is 1.71. The van der Waals surface area contributed by atoms with Crippen LogP contribution in [0.4, 0.5) is 0 Å². The van der Waals surface area contributed by atoms with E-state index < -0.39 is 0 Å². The number of halogens is 1. The fraction of sp³-hybridized carbons (Fsp3) is 0.308. The second kappa shape index (κ2) is 6.12. The summed E-state index contributed by atoms with van der Waals surface area (Å²) in [5.74, 6) is 2.13. The van der Waals surface area contributed by atoms with Gasteiger partial charge in [-0.1, -0.05) is 41.9 Å². The van der Waals surface area contributed by atoms with Gasteiger partial charge < -0.3 is 0 Å². The van der Waals surface area contributed by atoms with E-state index in [0.717, 1.165) is 23.6 Å². The van der Waals surface area contributed by atoms with Gasteiger partial charge >= 0.3 is 0 Å². The van der Waals surface area contributed by atoms with Crippen molar-refractivity contribution in [3.8, 4) is 0 Å². The Balaban J connectivity index is 1.73. The van der Waals surface area contributed by atoms with Crippen molar-refractivity contribution in [3.05, 3.63) is 52.8 Å². The van der Waals surface area contributed by atoms with Crippen LogP contribution in [0.5, 0.6) is 0 Å². The van der Waals surface area contributed by atoms with Crippen LogP contribution < -0.4 is 0 Å². The summed E-state index contributed by atoms with van der Waals surface area (Å²) in [6.45, 7) is 0. The first kappa shape index (κ1) is 12.5. The minimum Gasteiger partial charge on any atom is -0.257 e. The summed E-state index contributed by atoms with van der Waals surface area (Å²) in [4.78, 5) is 0. The molecule has 0 saturated heterocycles. The van der Waals surface area contributed by atoms with Gasteiger partial charge in [0.15, 0.2) is 0 Å². The van der Waals surface area contributed by atoms with Crippen LogP contribution in [0.15, 0.2) is 36.4 Å². The van der Waals surface area contributed by atoms with E-state index >= 15 is 0 Å². The Morgan fingerprint density at radius 1 is 1.29 bits per heavy atom. The van der Waals surface area contributed by atoms with Crippen LogP contribution in [0.1, 0.15) is 11.3 Å². The third kappa shape index (κ3) is 3.79. The number of rotatable bonds is 5. The van der Waals surface area contributed by atoms with E-state index in [1.54, 1.807) is 4.68 Å². The number of hydrogen-bond donors (Lipinski definition) is 0. The standard InChI is InChI=1S/C13H15ClN2S/c1-16-13(14)9-12(15-16)7-8-17-10-11-5-3-2-4-6-11/h2-6,9H,7-8,10H2,1H3. The Morgan fingerprint density at radius 2 is 2.06 bits per heavy atom. The monoisotopic (exact) mass is 266 g/mol. The van der Waals surface area contributed by atoms with E-state index in [4.69, 9.17) is 11.6 Å². The van der Waals surface area contributed by atoms with E-state index in [9.17, 15) is 0 Å². The lowest BCUT2D eigenvalue weighted by atomic mass is 10.2. The van der Waals surface area contributed by atoms with Crippen LogP contribution in [0.25, 0.3) is 0 Å². The molecule has 0 aliphatic heterocycles. The third-order valence-corrected chi connectivity index (χ3v) is 3.87.